The van der Waals surface area contributed by atoms with Crippen LogP contribution in [0.3, 0.4) is 0 Å². The third kappa shape index (κ3) is 5.30. The summed E-state index contributed by atoms with van der Waals surface area (Å²) >= 11 is 0. The monoisotopic (exact) mass is 363 g/mol. The Balaban J connectivity index is 1.63. The summed E-state index contributed by atoms with van der Waals surface area (Å²) in [4.78, 5) is 16.4. The summed E-state index contributed by atoms with van der Waals surface area (Å²) in [6.07, 6.45) is 6.47. The topological polar surface area (TPSA) is 47.9 Å². The molecule has 0 amide bonds. The second-order valence-corrected chi connectivity index (χ2v) is 6.68. The predicted octanol–water partition coefficient (Wildman–Crippen LogP) is 5.30. The van der Waals surface area contributed by atoms with Gasteiger partial charge in [0.2, 0.25) is 5.90 Å². The van der Waals surface area contributed by atoms with Gasteiger partial charge in [-0.05, 0) is 49.2 Å². The number of hydrogen-bond donors (Lipinski definition) is 0. The van der Waals surface area contributed by atoms with Crippen LogP contribution in [0.4, 0.5) is 0 Å². The number of carbonyl (C=O) groups is 1. The van der Waals surface area contributed by atoms with Crippen molar-refractivity contribution >= 4 is 17.9 Å². The molecular formula is C23H25NO3. The number of rotatable bonds is 8. The number of ether oxygens (including phenoxy) is 2. The van der Waals surface area contributed by atoms with Crippen LogP contribution in [-0.2, 0) is 9.53 Å². The van der Waals surface area contributed by atoms with E-state index < -0.39 is 5.97 Å². The lowest BCUT2D eigenvalue weighted by molar-refractivity contribution is -0.129. The van der Waals surface area contributed by atoms with Crippen molar-refractivity contribution in [3.05, 3.63) is 70.9 Å². The highest BCUT2D eigenvalue weighted by Crippen LogP contribution is 2.21. The van der Waals surface area contributed by atoms with Gasteiger partial charge in [-0.15, -0.1) is 0 Å². The number of benzene rings is 2. The van der Waals surface area contributed by atoms with Crippen LogP contribution in [0.1, 0.15) is 49.3 Å². The predicted molar refractivity (Wildman–Crippen MR) is 108 cm³/mol. The molecule has 4 nitrogen and oxygen atoms in total. The first-order valence-electron chi connectivity index (χ1n) is 9.48. The zero-order valence-electron chi connectivity index (χ0n) is 15.9. The van der Waals surface area contributed by atoms with Crippen LogP contribution in [0.15, 0.2) is 59.2 Å². The summed E-state index contributed by atoms with van der Waals surface area (Å²) in [7, 11) is 0. The summed E-state index contributed by atoms with van der Waals surface area (Å²) in [5.41, 5.74) is 3.13. The first kappa shape index (κ1) is 18.9. The van der Waals surface area contributed by atoms with Crippen molar-refractivity contribution in [3.63, 3.8) is 0 Å². The van der Waals surface area contributed by atoms with Gasteiger partial charge in [0.1, 0.15) is 5.75 Å². The molecule has 4 heteroatoms. The SMILES string of the molecule is CCCCCCOc1ccc(/C=C2/N=C(c3ccc(C)cc3)OC2=O)cc1. The second-order valence-electron chi connectivity index (χ2n) is 6.68. The molecule has 0 spiro atoms. The average molecular weight is 363 g/mol. The lowest BCUT2D eigenvalue weighted by Crippen LogP contribution is -2.05. The Morgan fingerprint density at radius 3 is 2.44 bits per heavy atom. The zero-order chi connectivity index (χ0) is 19.1. The van der Waals surface area contributed by atoms with Gasteiger partial charge in [-0.2, -0.15) is 0 Å². The summed E-state index contributed by atoms with van der Waals surface area (Å²) in [6.45, 7) is 4.94. The lowest BCUT2D eigenvalue weighted by Gasteiger charge is -2.06. The molecule has 0 aromatic heterocycles. The number of carbonyl (C=O) groups excluding carboxylic acids is 1. The normalized spacial score (nSPS) is 15.0. The number of aliphatic imine (C=N–C) groups is 1. The highest BCUT2D eigenvalue weighted by molar-refractivity contribution is 6.12. The molecule has 0 radical (unpaired) electrons. The molecule has 0 N–H and O–H groups in total. The maximum Gasteiger partial charge on any atom is 0.363 e. The van der Waals surface area contributed by atoms with Crippen LogP contribution < -0.4 is 4.74 Å². The van der Waals surface area contributed by atoms with E-state index in [0.29, 0.717) is 11.6 Å². The van der Waals surface area contributed by atoms with Gasteiger partial charge in [-0.25, -0.2) is 9.79 Å². The van der Waals surface area contributed by atoms with Crippen molar-refractivity contribution in [1.29, 1.82) is 0 Å². The van der Waals surface area contributed by atoms with Crippen LogP contribution >= 0.6 is 0 Å². The summed E-state index contributed by atoms with van der Waals surface area (Å²) in [6, 6.07) is 15.4. The van der Waals surface area contributed by atoms with E-state index in [-0.39, 0.29) is 0 Å². The van der Waals surface area contributed by atoms with E-state index in [0.717, 1.165) is 35.5 Å². The van der Waals surface area contributed by atoms with Gasteiger partial charge in [0.15, 0.2) is 5.70 Å². The molecule has 0 fully saturated rings. The van der Waals surface area contributed by atoms with Gasteiger partial charge in [0.05, 0.1) is 6.61 Å². The third-order valence-electron chi connectivity index (χ3n) is 4.37. The van der Waals surface area contributed by atoms with E-state index in [4.69, 9.17) is 9.47 Å². The molecule has 0 atom stereocenters. The van der Waals surface area contributed by atoms with Crippen molar-refractivity contribution in [2.75, 3.05) is 6.61 Å². The maximum atomic E-state index is 12.1. The van der Waals surface area contributed by atoms with Gasteiger partial charge in [0.25, 0.3) is 0 Å². The van der Waals surface area contributed by atoms with Crippen molar-refractivity contribution in [1.82, 2.24) is 0 Å². The molecule has 0 aliphatic carbocycles. The largest absolute Gasteiger partial charge is 0.494 e. The first-order valence-corrected chi connectivity index (χ1v) is 9.48. The highest BCUT2D eigenvalue weighted by atomic mass is 16.6. The van der Waals surface area contributed by atoms with Crippen molar-refractivity contribution in [2.45, 2.75) is 39.5 Å². The van der Waals surface area contributed by atoms with E-state index in [9.17, 15) is 4.79 Å². The smallest absolute Gasteiger partial charge is 0.363 e. The molecule has 1 aliphatic heterocycles. The van der Waals surface area contributed by atoms with Crippen LogP contribution in [0.5, 0.6) is 5.75 Å². The fourth-order valence-corrected chi connectivity index (χ4v) is 2.77. The number of hydrogen-bond acceptors (Lipinski definition) is 4. The Bertz CT molecular complexity index is 833. The Morgan fingerprint density at radius 2 is 1.74 bits per heavy atom. The third-order valence-corrected chi connectivity index (χ3v) is 4.37. The van der Waals surface area contributed by atoms with Crippen LogP contribution in [0.25, 0.3) is 6.08 Å². The Labute approximate surface area is 160 Å². The molecule has 2 aromatic carbocycles. The van der Waals surface area contributed by atoms with Crippen LogP contribution in [-0.4, -0.2) is 18.5 Å². The van der Waals surface area contributed by atoms with Crippen LogP contribution in [0.2, 0.25) is 0 Å². The number of aryl methyl sites for hydroxylation is 1. The van der Waals surface area contributed by atoms with E-state index >= 15 is 0 Å². The molecule has 1 heterocycles. The summed E-state index contributed by atoms with van der Waals surface area (Å²) in [5, 5.41) is 0. The fourth-order valence-electron chi connectivity index (χ4n) is 2.77. The summed E-state index contributed by atoms with van der Waals surface area (Å²) < 4.78 is 11.0. The van der Waals surface area contributed by atoms with E-state index in [1.165, 1.54) is 19.3 Å². The van der Waals surface area contributed by atoms with Gasteiger partial charge in [-0.1, -0.05) is 56.0 Å². The zero-order valence-corrected chi connectivity index (χ0v) is 15.9. The van der Waals surface area contributed by atoms with Crippen molar-refractivity contribution in [3.8, 4) is 5.75 Å². The van der Waals surface area contributed by atoms with Crippen molar-refractivity contribution < 1.29 is 14.3 Å². The first-order chi connectivity index (χ1) is 13.2. The molecule has 1 aliphatic rings. The Kier molecular flexibility index (Phi) is 6.42. The minimum atomic E-state index is -0.429. The minimum Gasteiger partial charge on any atom is -0.494 e. The van der Waals surface area contributed by atoms with Gasteiger partial charge in [-0.3, -0.25) is 0 Å². The quantitative estimate of drug-likeness (QED) is 0.363. The lowest BCUT2D eigenvalue weighted by atomic mass is 10.1. The van der Waals surface area contributed by atoms with Gasteiger partial charge < -0.3 is 9.47 Å². The number of unbranched alkanes of at least 4 members (excludes halogenated alkanes) is 3. The van der Waals surface area contributed by atoms with E-state index in [1.54, 1.807) is 6.08 Å². The van der Waals surface area contributed by atoms with Gasteiger partial charge in [0, 0.05) is 5.56 Å². The van der Waals surface area contributed by atoms with E-state index in [2.05, 4.69) is 11.9 Å². The van der Waals surface area contributed by atoms with Gasteiger partial charge >= 0.3 is 5.97 Å². The van der Waals surface area contributed by atoms with E-state index in [1.807, 2.05) is 55.5 Å². The second kappa shape index (κ2) is 9.17. The highest BCUT2D eigenvalue weighted by Gasteiger charge is 2.23. The molecule has 3 rings (SSSR count). The molecule has 2 aromatic rings. The maximum absolute atomic E-state index is 12.1. The van der Waals surface area contributed by atoms with Crippen molar-refractivity contribution in [2.24, 2.45) is 4.99 Å². The number of esters is 1. The minimum absolute atomic E-state index is 0.304. The standard InChI is InChI=1S/C23H25NO3/c1-3-4-5-6-15-26-20-13-9-18(10-14-20)16-21-23(25)27-22(24-21)19-11-7-17(2)8-12-19/h7-14,16H,3-6,15H2,1-2H3/b21-16+. The molecule has 0 saturated carbocycles. The molecule has 27 heavy (non-hydrogen) atoms. The molecule has 0 bridgehead atoms. The fraction of sp³-hybridized carbons (Fsp3) is 0.304. The molecule has 140 valence electrons. The van der Waals surface area contributed by atoms with Crippen LogP contribution in [0, 0.1) is 6.92 Å². The Hall–Kier alpha value is -2.88. The number of cyclic esters (lactones) is 1. The molecular weight excluding hydrogens is 338 g/mol. The average Bonchev–Trinajstić information content (AvgIpc) is 3.04. The Morgan fingerprint density at radius 1 is 1.00 bits per heavy atom. The molecule has 0 unspecified atom stereocenters. The molecule has 0 saturated heterocycles. The summed E-state index contributed by atoms with van der Waals surface area (Å²) in [5.74, 6) is 0.756. The number of nitrogens with zero attached hydrogens (tertiary/aromatic N) is 1.